The Hall–Kier alpha value is -1.16. The quantitative estimate of drug-likeness (QED) is 0.578. The molecule has 0 aromatic carbocycles. The van der Waals surface area contributed by atoms with E-state index in [4.69, 9.17) is 28.6 Å². The summed E-state index contributed by atoms with van der Waals surface area (Å²) in [5.41, 5.74) is 0. The second-order valence-corrected chi connectivity index (χ2v) is 6.92. The lowest BCUT2D eigenvalue weighted by atomic mass is 10.0. The first-order valence-electron chi connectivity index (χ1n) is 8.65. The van der Waals surface area contributed by atoms with Crippen LogP contribution in [0.3, 0.4) is 0 Å². The number of nitrogens with zero attached hydrogens (tertiary/aromatic N) is 3. The Morgan fingerprint density at radius 1 is 1.04 bits per heavy atom. The molecular formula is C17H26IN3O4. The summed E-state index contributed by atoms with van der Waals surface area (Å²) < 4.78 is 23.8. The van der Waals surface area contributed by atoms with Crippen molar-refractivity contribution in [2.75, 3.05) is 19.8 Å². The molecule has 140 valence electrons. The number of hydrogen-bond donors (Lipinski definition) is 0. The molecule has 1 aliphatic heterocycles. The predicted octanol–water partition coefficient (Wildman–Crippen LogP) is 3.63. The van der Waals surface area contributed by atoms with E-state index in [1.54, 1.807) is 6.26 Å². The van der Waals surface area contributed by atoms with Crippen molar-refractivity contribution in [3.63, 3.8) is 0 Å². The van der Waals surface area contributed by atoms with Crippen LogP contribution in [0, 0.1) is 9.62 Å². The zero-order valence-electron chi connectivity index (χ0n) is 15.4. The van der Waals surface area contributed by atoms with E-state index in [0.29, 0.717) is 37.5 Å². The average molecular weight is 463 g/mol. The van der Waals surface area contributed by atoms with Crippen LogP contribution >= 0.6 is 22.6 Å². The van der Waals surface area contributed by atoms with Gasteiger partial charge in [-0.3, -0.25) is 0 Å². The molecule has 0 fully saturated rings. The SMILES string of the molecule is CCOC1=N[C@H](C(C)C)C(OCC)=N[C@H]1[C@H](OCC)c1nc(I)co1. The zero-order chi connectivity index (χ0) is 18.4. The highest BCUT2D eigenvalue weighted by Gasteiger charge is 2.39. The molecule has 1 aromatic rings. The first kappa shape index (κ1) is 20.2. The van der Waals surface area contributed by atoms with Gasteiger partial charge in [0.2, 0.25) is 17.7 Å². The van der Waals surface area contributed by atoms with Crippen LogP contribution < -0.4 is 0 Å². The van der Waals surface area contributed by atoms with Gasteiger partial charge in [-0.05, 0) is 49.3 Å². The summed E-state index contributed by atoms with van der Waals surface area (Å²) in [4.78, 5) is 14.0. The fourth-order valence-electron chi connectivity index (χ4n) is 2.58. The molecule has 1 aliphatic rings. The standard InChI is InChI=1S/C17H26IN3O4/c1-6-22-14(17-19-11(18)9-25-17)13-16(24-8-3)20-12(10(4)5)15(21-13)23-7-2/h9-10,12-14H,6-8H2,1-5H3/t12-,13+,14+/m1/s1. The van der Waals surface area contributed by atoms with Crippen molar-refractivity contribution in [3.8, 4) is 0 Å². The summed E-state index contributed by atoms with van der Waals surface area (Å²) in [6, 6.07) is -0.643. The van der Waals surface area contributed by atoms with E-state index in [0.717, 1.165) is 3.70 Å². The van der Waals surface area contributed by atoms with E-state index >= 15 is 0 Å². The monoisotopic (exact) mass is 463 g/mol. The molecule has 2 rings (SSSR count). The Morgan fingerprint density at radius 3 is 2.12 bits per heavy atom. The second-order valence-electron chi connectivity index (χ2n) is 5.82. The topological polar surface area (TPSA) is 78.4 Å². The predicted molar refractivity (Wildman–Crippen MR) is 104 cm³/mol. The van der Waals surface area contributed by atoms with E-state index in [2.05, 4.69) is 41.4 Å². The molecule has 25 heavy (non-hydrogen) atoms. The molecule has 2 heterocycles. The van der Waals surface area contributed by atoms with Crippen molar-refractivity contribution in [2.24, 2.45) is 15.9 Å². The van der Waals surface area contributed by atoms with Crippen LogP contribution in [-0.2, 0) is 14.2 Å². The third kappa shape index (κ3) is 4.93. The summed E-state index contributed by atoms with van der Waals surface area (Å²) in [7, 11) is 0. The smallest absolute Gasteiger partial charge is 0.227 e. The molecule has 0 amide bonds. The van der Waals surface area contributed by atoms with Crippen molar-refractivity contribution in [1.29, 1.82) is 0 Å². The van der Waals surface area contributed by atoms with E-state index in [-0.39, 0.29) is 12.0 Å². The summed E-state index contributed by atoms with van der Waals surface area (Å²) in [6.45, 7) is 11.5. The van der Waals surface area contributed by atoms with Crippen LogP contribution in [0.25, 0.3) is 0 Å². The second kappa shape index (κ2) is 9.51. The van der Waals surface area contributed by atoms with Crippen molar-refractivity contribution in [2.45, 2.75) is 52.8 Å². The number of halogens is 1. The van der Waals surface area contributed by atoms with Crippen molar-refractivity contribution < 1.29 is 18.6 Å². The molecule has 0 N–H and O–H groups in total. The van der Waals surface area contributed by atoms with Gasteiger partial charge in [-0.1, -0.05) is 13.8 Å². The van der Waals surface area contributed by atoms with Crippen LogP contribution in [0.4, 0.5) is 0 Å². The number of ether oxygens (including phenoxy) is 3. The van der Waals surface area contributed by atoms with Crippen LogP contribution in [0.15, 0.2) is 20.7 Å². The Bertz CT molecular complexity index is 615. The molecule has 0 spiro atoms. The number of aromatic nitrogens is 1. The first-order chi connectivity index (χ1) is 12.0. The molecule has 0 radical (unpaired) electrons. The van der Waals surface area contributed by atoms with Crippen molar-refractivity contribution >= 4 is 34.4 Å². The van der Waals surface area contributed by atoms with Crippen molar-refractivity contribution in [3.05, 3.63) is 15.9 Å². The van der Waals surface area contributed by atoms with Crippen LogP contribution in [-0.4, -0.2) is 48.7 Å². The van der Waals surface area contributed by atoms with E-state index < -0.39 is 12.1 Å². The molecule has 0 saturated heterocycles. The van der Waals surface area contributed by atoms with Crippen molar-refractivity contribution in [1.82, 2.24) is 4.98 Å². The maximum absolute atomic E-state index is 5.90. The summed E-state index contributed by atoms with van der Waals surface area (Å²) in [6.07, 6.45) is 1.08. The number of rotatable bonds is 7. The normalized spacial score (nSPS) is 21.7. The fraction of sp³-hybridized carbons (Fsp3) is 0.706. The average Bonchev–Trinajstić information content (AvgIpc) is 3.00. The largest absolute Gasteiger partial charge is 0.480 e. The Labute approximate surface area is 162 Å². The van der Waals surface area contributed by atoms with Crippen LogP contribution in [0.5, 0.6) is 0 Å². The van der Waals surface area contributed by atoms with Crippen LogP contribution in [0.1, 0.15) is 46.6 Å². The molecule has 7 nitrogen and oxygen atoms in total. The molecule has 3 atom stereocenters. The summed E-state index contributed by atoms with van der Waals surface area (Å²) in [5, 5.41) is 0. The fourth-order valence-corrected chi connectivity index (χ4v) is 2.95. The lowest BCUT2D eigenvalue weighted by Crippen LogP contribution is -2.41. The molecule has 0 bridgehead atoms. The maximum atomic E-state index is 5.90. The molecule has 0 aliphatic carbocycles. The Balaban J connectivity index is 2.43. The third-order valence-corrected chi connectivity index (χ3v) is 4.12. The third-order valence-electron chi connectivity index (χ3n) is 3.62. The maximum Gasteiger partial charge on any atom is 0.227 e. The molecule has 0 saturated carbocycles. The van der Waals surface area contributed by atoms with Crippen LogP contribution in [0.2, 0.25) is 0 Å². The minimum Gasteiger partial charge on any atom is -0.480 e. The summed E-state index contributed by atoms with van der Waals surface area (Å²) in [5.74, 6) is 1.86. The highest BCUT2D eigenvalue weighted by atomic mass is 127. The molecular weight excluding hydrogens is 437 g/mol. The minimum absolute atomic E-state index is 0.162. The minimum atomic E-state index is -0.512. The van der Waals surface area contributed by atoms with Gasteiger partial charge in [0, 0.05) is 6.61 Å². The highest BCUT2D eigenvalue weighted by Crippen LogP contribution is 2.29. The number of hydrogen-bond acceptors (Lipinski definition) is 7. The lowest BCUT2D eigenvalue weighted by molar-refractivity contribution is 0.0321. The van der Waals surface area contributed by atoms with Gasteiger partial charge < -0.3 is 18.6 Å². The lowest BCUT2D eigenvalue weighted by Gasteiger charge is -2.30. The van der Waals surface area contributed by atoms with Gasteiger partial charge in [-0.15, -0.1) is 0 Å². The number of oxazole rings is 1. The highest BCUT2D eigenvalue weighted by molar-refractivity contribution is 14.1. The molecule has 1 aromatic heterocycles. The van der Waals surface area contributed by atoms with Gasteiger partial charge in [0.25, 0.3) is 0 Å². The van der Waals surface area contributed by atoms with Gasteiger partial charge in [-0.25, -0.2) is 15.0 Å². The summed E-state index contributed by atoms with van der Waals surface area (Å²) >= 11 is 2.10. The van der Waals surface area contributed by atoms with E-state index in [1.165, 1.54) is 0 Å². The molecule has 0 unspecified atom stereocenters. The first-order valence-corrected chi connectivity index (χ1v) is 9.73. The Morgan fingerprint density at radius 2 is 1.64 bits per heavy atom. The number of aliphatic imine (C=N–C) groups is 2. The zero-order valence-corrected chi connectivity index (χ0v) is 17.5. The van der Waals surface area contributed by atoms with E-state index in [9.17, 15) is 0 Å². The van der Waals surface area contributed by atoms with Gasteiger partial charge in [-0.2, -0.15) is 0 Å². The van der Waals surface area contributed by atoms with E-state index in [1.807, 2.05) is 20.8 Å². The van der Waals surface area contributed by atoms with Gasteiger partial charge in [0.05, 0.1) is 13.2 Å². The van der Waals surface area contributed by atoms with Gasteiger partial charge in [0.15, 0.2) is 12.1 Å². The Kier molecular flexibility index (Phi) is 7.67. The molecule has 8 heteroatoms. The van der Waals surface area contributed by atoms with Gasteiger partial charge in [0.1, 0.15) is 16.0 Å². The van der Waals surface area contributed by atoms with Gasteiger partial charge >= 0.3 is 0 Å².